The van der Waals surface area contributed by atoms with E-state index in [4.69, 9.17) is 11.6 Å². The van der Waals surface area contributed by atoms with Crippen molar-refractivity contribution in [2.45, 2.75) is 17.7 Å². The second-order valence-electron chi connectivity index (χ2n) is 8.96. The van der Waals surface area contributed by atoms with Crippen molar-refractivity contribution in [2.75, 3.05) is 12.1 Å². The van der Waals surface area contributed by atoms with Crippen molar-refractivity contribution in [1.82, 2.24) is 9.99 Å². The maximum Gasteiger partial charge on any atom is 0.417 e. The van der Waals surface area contributed by atoms with E-state index in [1.54, 1.807) is 24.3 Å². The number of hydrogen-bond donors (Lipinski definition) is 1. The summed E-state index contributed by atoms with van der Waals surface area (Å²) in [6.07, 6.45) is -4.05. The molecular formula is C25H17ClF3N3O3. The lowest BCUT2D eigenvalue weighted by molar-refractivity contribution is -0.143. The molecule has 0 saturated carbocycles. The van der Waals surface area contributed by atoms with E-state index in [9.17, 15) is 27.9 Å². The molecule has 0 spiro atoms. The summed E-state index contributed by atoms with van der Waals surface area (Å²) in [4.78, 5) is 31.3. The number of hydrazine groups is 1. The molecule has 2 heterocycles. The minimum atomic E-state index is -4.65. The van der Waals surface area contributed by atoms with Gasteiger partial charge in [0, 0.05) is 19.2 Å². The number of hydrogen-bond acceptors (Lipinski definition) is 5. The van der Waals surface area contributed by atoms with Crippen LogP contribution in [0.2, 0.25) is 5.02 Å². The Balaban J connectivity index is 1.48. The van der Waals surface area contributed by atoms with Crippen molar-refractivity contribution in [1.29, 1.82) is 0 Å². The van der Waals surface area contributed by atoms with E-state index in [0.29, 0.717) is 23.4 Å². The van der Waals surface area contributed by atoms with Gasteiger partial charge in [0.05, 0.1) is 22.4 Å². The zero-order valence-electron chi connectivity index (χ0n) is 18.1. The predicted octanol–water partition coefficient (Wildman–Crippen LogP) is 4.10. The minimum Gasteiger partial charge on any atom is -0.379 e. The average Bonchev–Trinajstić information content (AvgIpc) is 3.10. The summed E-state index contributed by atoms with van der Waals surface area (Å²) >= 11 is 6.10. The summed E-state index contributed by atoms with van der Waals surface area (Å²) in [6, 6.07) is 15.1. The SMILES string of the molecule is CN(c1ncc(C(F)(F)F)cc1Cl)N1C(=O)[C@@H]2C3c4ccccc4C(O)(c4ccccc43)[C@H]2C1=O. The Morgan fingerprint density at radius 1 is 1.03 bits per heavy atom. The van der Waals surface area contributed by atoms with Gasteiger partial charge in [-0.1, -0.05) is 60.1 Å². The normalized spacial score (nSPS) is 26.5. The summed E-state index contributed by atoms with van der Waals surface area (Å²) in [5.41, 5.74) is -0.113. The number of nitrogens with zero attached hydrogens (tertiary/aromatic N) is 3. The number of carbonyl (C=O) groups is 2. The second kappa shape index (κ2) is 7.05. The molecule has 1 saturated heterocycles. The topological polar surface area (TPSA) is 73.7 Å². The highest BCUT2D eigenvalue weighted by Gasteiger charge is 2.68. The third-order valence-corrected chi connectivity index (χ3v) is 7.58. The fourth-order valence-corrected chi connectivity index (χ4v) is 6.22. The molecule has 0 radical (unpaired) electrons. The predicted molar refractivity (Wildman–Crippen MR) is 119 cm³/mol. The molecule has 1 fully saturated rings. The standard InChI is InChI=1S/C25H17ClF3N3O3/c1-31(21-17(26)10-12(11-30-21)25(27,28)29)32-22(33)19-18-13-6-2-4-8-15(13)24(35,20(19)23(32)34)16-9-5-3-7-14(16)18/h2-11,18-20,35H,1H3/t18?,19-,20-,24?/m1/s1. The van der Waals surface area contributed by atoms with Gasteiger partial charge in [-0.2, -0.15) is 18.2 Å². The third-order valence-electron chi connectivity index (χ3n) is 7.31. The molecule has 0 unspecified atom stereocenters. The molecule has 10 heteroatoms. The van der Waals surface area contributed by atoms with Crippen molar-refractivity contribution in [2.24, 2.45) is 11.8 Å². The summed E-state index contributed by atoms with van der Waals surface area (Å²) in [5.74, 6) is -3.90. The molecule has 3 aliphatic carbocycles. The van der Waals surface area contributed by atoms with Crippen molar-refractivity contribution in [3.05, 3.63) is 93.6 Å². The average molecular weight is 500 g/mol. The Hall–Kier alpha value is -3.43. The number of rotatable bonds is 2. The number of anilines is 1. The molecule has 178 valence electrons. The van der Waals surface area contributed by atoms with Crippen molar-refractivity contribution in [3.8, 4) is 0 Å². The van der Waals surface area contributed by atoms with E-state index in [1.165, 1.54) is 7.05 Å². The first-order valence-electron chi connectivity index (χ1n) is 10.8. The van der Waals surface area contributed by atoms with E-state index >= 15 is 0 Å². The third kappa shape index (κ3) is 2.73. The molecule has 7 rings (SSSR count). The number of imide groups is 1. The Labute approximate surface area is 202 Å². The lowest BCUT2D eigenvalue weighted by Crippen LogP contribution is -2.53. The van der Waals surface area contributed by atoms with Crippen LogP contribution in [0.25, 0.3) is 0 Å². The highest BCUT2D eigenvalue weighted by molar-refractivity contribution is 6.33. The van der Waals surface area contributed by atoms with Crippen LogP contribution in [0.15, 0.2) is 60.8 Å². The summed E-state index contributed by atoms with van der Waals surface area (Å²) < 4.78 is 39.2. The first-order valence-corrected chi connectivity index (χ1v) is 11.2. The molecule has 2 aromatic carbocycles. The minimum absolute atomic E-state index is 0.186. The molecule has 1 aromatic heterocycles. The quantitative estimate of drug-likeness (QED) is 0.537. The van der Waals surface area contributed by atoms with Crippen LogP contribution < -0.4 is 5.01 Å². The summed E-state index contributed by atoms with van der Waals surface area (Å²) in [7, 11) is 1.33. The second-order valence-corrected chi connectivity index (χ2v) is 9.37. The summed E-state index contributed by atoms with van der Waals surface area (Å²) in [6.45, 7) is 0. The van der Waals surface area contributed by atoms with Gasteiger partial charge >= 0.3 is 6.18 Å². The molecule has 2 atom stereocenters. The van der Waals surface area contributed by atoms with Crippen LogP contribution >= 0.6 is 11.6 Å². The zero-order chi connectivity index (χ0) is 24.9. The van der Waals surface area contributed by atoms with Crippen LogP contribution in [0.3, 0.4) is 0 Å². The molecule has 2 bridgehead atoms. The van der Waals surface area contributed by atoms with Gasteiger partial charge in [-0.25, -0.2) is 4.98 Å². The fraction of sp³-hybridized carbons (Fsp3) is 0.240. The van der Waals surface area contributed by atoms with Crippen molar-refractivity contribution in [3.63, 3.8) is 0 Å². The molecule has 1 N–H and O–H groups in total. The molecule has 4 aliphatic rings. The lowest BCUT2D eigenvalue weighted by Gasteiger charge is -2.51. The van der Waals surface area contributed by atoms with Crippen LogP contribution in [0.1, 0.15) is 33.7 Å². The van der Waals surface area contributed by atoms with Crippen LogP contribution in [0.5, 0.6) is 0 Å². The van der Waals surface area contributed by atoms with Gasteiger partial charge in [0.25, 0.3) is 11.8 Å². The van der Waals surface area contributed by atoms with E-state index in [-0.39, 0.29) is 10.8 Å². The maximum atomic E-state index is 13.8. The molecular weight excluding hydrogens is 483 g/mol. The first-order chi connectivity index (χ1) is 16.6. The highest BCUT2D eigenvalue weighted by Crippen LogP contribution is 2.63. The van der Waals surface area contributed by atoms with Crippen LogP contribution in [-0.4, -0.2) is 34.0 Å². The van der Waals surface area contributed by atoms with Gasteiger partial charge in [0.1, 0.15) is 5.60 Å². The highest BCUT2D eigenvalue weighted by atomic mass is 35.5. The van der Waals surface area contributed by atoms with E-state index in [1.807, 2.05) is 24.3 Å². The lowest BCUT2D eigenvalue weighted by atomic mass is 9.52. The smallest absolute Gasteiger partial charge is 0.379 e. The van der Waals surface area contributed by atoms with Gasteiger partial charge in [-0.05, 0) is 28.3 Å². The van der Waals surface area contributed by atoms with Crippen molar-refractivity contribution < 1.29 is 27.9 Å². The Morgan fingerprint density at radius 2 is 1.60 bits per heavy atom. The van der Waals surface area contributed by atoms with Crippen LogP contribution in [0, 0.1) is 11.8 Å². The first kappa shape index (κ1) is 22.1. The Kier molecular flexibility index (Phi) is 4.44. The Bertz CT molecular complexity index is 1380. The van der Waals surface area contributed by atoms with Gasteiger partial charge in [-0.3, -0.25) is 14.6 Å². The van der Waals surface area contributed by atoms with E-state index in [0.717, 1.165) is 21.1 Å². The monoisotopic (exact) mass is 499 g/mol. The van der Waals surface area contributed by atoms with E-state index < -0.39 is 46.9 Å². The number of carbonyl (C=O) groups excluding carboxylic acids is 2. The Morgan fingerprint density at radius 3 is 2.14 bits per heavy atom. The number of aromatic nitrogens is 1. The molecule has 1 aliphatic heterocycles. The van der Waals surface area contributed by atoms with E-state index in [2.05, 4.69) is 4.98 Å². The zero-order valence-corrected chi connectivity index (χ0v) is 18.9. The molecule has 6 nitrogen and oxygen atoms in total. The number of benzene rings is 2. The largest absolute Gasteiger partial charge is 0.417 e. The number of pyridine rings is 1. The van der Waals surface area contributed by atoms with Gasteiger partial charge < -0.3 is 5.11 Å². The van der Waals surface area contributed by atoms with Gasteiger partial charge in [0.15, 0.2) is 5.82 Å². The fourth-order valence-electron chi connectivity index (χ4n) is 5.93. The number of aliphatic hydroxyl groups is 1. The number of alkyl halides is 3. The summed E-state index contributed by atoms with van der Waals surface area (Å²) in [5, 5.41) is 13.7. The number of halogens is 4. The van der Waals surface area contributed by atoms with Gasteiger partial charge in [0.2, 0.25) is 0 Å². The molecule has 2 amide bonds. The molecule has 35 heavy (non-hydrogen) atoms. The van der Waals surface area contributed by atoms with Crippen molar-refractivity contribution >= 4 is 29.2 Å². The maximum absolute atomic E-state index is 13.8. The van der Waals surface area contributed by atoms with Crippen LogP contribution in [-0.2, 0) is 21.4 Å². The van der Waals surface area contributed by atoms with Gasteiger partial charge in [-0.15, -0.1) is 0 Å². The molecule has 3 aromatic rings. The number of amides is 2. The van der Waals surface area contributed by atoms with Crippen LogP contribution in [0.4, 0.5) is 19.0 Å².